The van der Waals surface area contributed by atoms with Gasteiger partial charge in [0.2, 0.25) is 0 Å². The number of nitrogens with two attached hydrogens (primary N) is 1. The molecule has 0 aliphatic heterocycles. The van der Waals surface area contributed by atoms with Crippen LogP contribution >= 0.6 is 11.3 Å². The Labute approximate surface area is 117 Å². The highest BCUT2D eigenvalue weighted by atomic mass is 32.1. The van der Waals surface area contributed by atoms with Crippen LogP contribution in [0, 0.1) is 5.92 Å². The molecular weight excluding hydrogens is 260 g/mol. The van der Waals surface area contributed by atoms with Gasteiger partial charge in [-0.3, -0.25) is 4.79 Å². The minimum Gasteiger partial charge on any atom is -0.397 e. The van der Waals surface area contributed by atoms with Crippen molar-refractivity contribution in [2.24, 2.45) is 5.92 Å². The number of thiophene rings is 1. The van der Waals surface area contributed by atoms with E-state index in [1.807, 2.05) is 0 Å². The van der Waals surface area contributed by atoms with Crippen molar-refractivity contribution in [3.05, 3.63) is 10.4 Å². The highest BCUT2D eigenvalue weighted by molar-refractivity contribution is 7.18. The first-order chi connectivity index (χ1) is 9.22. The number of anilines is 2. The molecule has 3 N–H and O–H groups in total. The summed E-state index contributed by atoms with van der Waals surface area (Å²) in [5, 5.41) is 4.46. The summed E-state index contributed by atoms with van der Waals surface area (Å²) in [5.74, 6) is 1.05. The fraction of sp³-hybridized carbons (Fsp3) is 0.643. The highest BCUT2D eigenvalue weighted by Crippen LogP contribution is 2.52. The molecule has 1 heterocycles. The van der Waals surface area contributed by atoms with Crippen molar-refractivity contribution in [3.8, 4) is 0 Å². The number of methoxy groups -OCH3 is 1. The number of nitrogens with one attached hydrogen (secondary N) is 1. The van der Waals surface area contributed by atoms with Crippen LogP contribution in [0.25, 0.3) is 0 Å². The molecule has 2 aliphatic carbocycles. The Morgan fingerprint density at radius 3 is 2.74 bits per heavy atom. The lowest BCUT2D eigenvalue weighted by Crippen LogP contribution is -2.07. The molecule has 2 fully saturated rings. The van der Waals surface area contributed by atoms with Crippen molar-refractivity contribution >= 4 is 27.8 Å². The minimum atomic E-state index is 0.236. The van der Waals surface area contributed by atoms with Crippen LogP contribution in [0.3, 0.4) is 0 Å². The van der Waals surface area contributed by atoms with Crippen molar-refractivity contribution in [2.75, 3.05) is 31.3 Å². The average molecular weight is 280 g/mol. The summed E-state index contributed by atoms with van der Waals surface area (Å²) >= 11 is 1.54. The molecule has 0 spiro atoms. The molecule has 0 bridgehead atoms. The summed E-state index contributed by atoms with van der Waals surface area (Å²) in [6.07, 6.45) is 4.44. The lowest BCUT2D eigenvalue weighted by molar-refractivity contribution is 0.0972. The second-order valence-corrected chi connectivity index (χ2v) is 6.44. The molecule has 0 unspecified atom stereocenters. The van der Waals surface area contributed by atoms with Crippen LogP contribution in [-0.4, -0.2) is 26.0 Å². The van der Waals surface area contributed by atoms with Gasteiger partial charge in [0.1, 0.15) is 0 Å². The molecule has 0 amide bonds. The molecule has 0 aromatic carbocycles. The molecule has 4 nitrogen and oxygen atoms in total. The van der Waals surface area contributed by atoms with Crippen molar-refractivity contribution in [2.45, 2.75) is 31.6 Å². The maximum atomic E-state index is 12.2. The maximum Gasteiger partial charge on any atom is 0.178 e. The Hall–Kier alpha value is -1.07. The van der Waals surface area contributed by atoms with Crippen molar-refractivity contribution in [3.63, 3.8) is 0 Å². The van der Waals surface area contributed by atoms with Crippen LogP contribution < -0.4 is 11.1 Å². The van der Waals surface area contributed by atoms with Gasteiger partial charge in [0.05, 0.1) is 22.2 Å². The van der Waals surface area contributed by atoms with Crippen molar-refractivity contribution < 1.29 is 9.53 Å². The molecule has 2 aliphatic rings. The Morgan fingerprint density at radius 2 is 2.16 bits per heavy atom. The number of ketones is 1. The van der Waals surface area contributed by atoms with E-state index < -0.39 is 0 Å². The number of rotatable bonds is 7. The van der Waals surface area contributed by atoms with Gasteiger partial charge in [-0.1, -0.05) is 0 Å². The van der Waals surface area contributed by atoms with Crippen molar-refractivity contribution in [1.82, 2.24) is 0 Å². The van der Waals surface area contributed by atoms with Crippen LogP contribution in [0.1, 0.15) is 46.8 Å². The first kappa shape index (κ1) is 12.9. The zero-order valence-electron chi connectivity index (χ0n) is 11.2. The standard InChI is InChI=1S/C14H20N2O2S/c1-18-7-6-16-14-10(8-2-3-8)11(15)13(19-14)12(17)9-4-5-9/h8-9,16H,2-7,15H2,1H3. The van der Waals surface area contributed by atoms with Gasteiger partial charge in [-0.05, 0) is 31.6 Å². The molecule has 1 aromatic heterocycles. The number of hydrogen-bond acceptors (Lipinski definition) is 5. The van der Waals surface area contributed by atoms with Crippen molar-refractivity contribution in [1.29, 1.82) is 0 Å². The van der Waals surface area contributed by atoms with Gasteiger partial charge < -0.3 is 15.8 Å². The van der Waals surface area contributed by atoms with E-state index in [-0.39, 0.29) is 11.7 Å². The predicted molar refractivity (Wildman–Crippen MR) is 78.1 cm³/mol. The average Bonchev–Trinajstić information content (AvgIpc) is 3.27. The van der Waals surface area contributed by atoms with Gasteiger partial charge in [0.15, 0.2) is 5.78 Å². The fourth-order valence-electron chi connectivity index (χ4n) is 2.35. The van der Waals surface area contributed by atoms with E-state index in [2.05, 4.69) is 5.32 Å². The monoisotopic (exact) mass is 280 g/mol. The largest absolute Gasteiger partial charge is 0.397 e. The third-order valence-electron chi connectivity index (χ3n) is 3.73. The molecule has 104 valence electrons. The van der Waals surface area contributed by atoms with Crippen LogP contribution in [0.15, 0.2) is 0 Å². The maximum absolute atomic E-state index is 12.2. The first-order valence-electron chi connectivity index (χ1n) is 6.91. The molecular formula is C14H20N2O2S. The Bertz CT molecular complexity index is 490. The summed E-state index contributed by atoms with van der Waals surface area (Å²) < 4.78 is 5.06. The molecule has 2 saturated carbocycles. The smallest absolute Gasteiger partial charge is 0.178 e. The van der Waals surface area contributed by atoms with E-state index in [9.17, 15) is 4.79 Å². The lowest BCUT2D eigenvalue weighted by Gasteiger charge is -2.06. The highest BCUT2D eigenvalue weighted by Gasteiger charge is 2.37. The summed E-state index contributed by atoms with van der Waals surface area (Å²) in [7, 11) is 1.69. The van der Waals surface area contributed by atoms with Gasteiger partial charge in [0, 0.05) is 25.1 Å². The molecule has 5 heteroatoms. The summed E-state index contributed by atoms with van der Waals surface area (Å²) in [6.45, 7) is 1.42. The molecule has 3 rings (SSSR count). The van der Waals surface area contributed by atoms with E-state index in [0.717, 1.165) is 35.0 Å². The van der Waals surface area contributed by atoms with E-state index in [0.29, 0.717) is 12.5 Å². The Kier molecular flexibility index (Phi) is 3.50. The van der Waals surface area contributed by atoms with Crippen LogP contribution in [-0.2, 0) is 4.74 Å². The second-order valence-electron chi connectivity index (χ2n) is 5.42. The fourth-order valence-corrected chi connectivity index (χ4v) is 3.60. The van der Waals surface area contributed by atoms with Crippen LogP contribution in [0.4, 0.5) is 10.7 Å². The van der Waals surface area contributed by atoms with Gasteiger partial charge in [-0.25, -0.2) is 0 Å². The van der Waals surface area contributed by atoms with Crippen LogP contribution in [0.5, 0.6) is 0 Å². The zero-order chi connectivity index (χ0) is 13.4. The number of hydrogen-bond donors (Lipinski definition) is 2. The van der Waals surface area contributed by atoms with E-state index in [4.69, 9.17) is 10.5 Å². The number of nitrogen functional groups attached to an aromatic ring is 1. The molecule has 19 heavy (non-hydrogen) atoms. The van der Waals surface area contributed by atoms with Gasteiger partial charge in [-0.15, -0.1) is 11.3 Å². The van der Waals surface area contributed by atoms with Crippen LogP contribution in [0.2, 0.25) is 0 Å². The van der Waals surface area contributed by atoms with E-state index >= 15 is 0 Å². The SMILES string of the molecule is COCCNc1sc(C(=O)C2CC2)c(N)c1C1CC1. The zero-order valence-corrected chi connectivity index (χ0v) is 12.0. The number of carbonyl (C=O) groups is 1. The third kappa shape index (κ3) is 2.62. The molecule has 0 saturated heterocycles. The second kappa shape index (κ2) is 5.13. The Morgan fingerprint density at radius 1 is 1.42 bits per heavy atom. The first-order valence-corrected chi connectivity index (χ1v) is 7.73. The van der Waals surface area contributed by atoms with E-state index in [1.54, 1.807) is 18.4 Å². The summed E-state index contributed by atoms with van der Waals surface area (Å²) in [5.41, 5.74) is 8.16. The lowest BCUT2D eigenvalue weighted by atomic mass is 10.1. The minimum absolute atomic E-state index is 0.236. The van der Waals surface area contributed by atoms with Gasteiger partial charge >= 0.3 is 0 Å². The predicted octanol–water partition coefficient (Wildman–Crippen LogP) is 2.86. The number of ether oxygens (including phenoxy) is 1. The third-order valence-corrected chi connectivity index (χ3v) is 4.93. The number of Topliss-reactive ketones (excluding diaryl/α,β-unsaturated/α-hetero) is 1. The quantitative estimate of drug-likeness (QED) is 0.595. The van der Waals surface area contributed by atoms with E-state index in [1.165, 1.54) is 18.4 Å². The molecule has 1 aromatic rings. The molecule has 0 radical (unpaired) electrons. The normalized spacial score (nSPS) is 18.6. The molecule has 0 atom stereocenters. The van der Waals surface area contributed by atoms with Gasteiger partial charge in [0.25, 0.3) is 0 Å². The summed E-state index contributed by atoms with van der Waals surface area (Å²) in [4.78, 5) is 13.0. The van der Waals surface area contributed by atoms with Gasteiger partial charge in [-0.2, -0.15) is 0 Å². The topological polar surface area (TPSA) is 64.3 Å². The Balaban J connectivity index is 1.84. The number of carbonyl (C=O) groups excluding carboxylic acids is 1. The summed E-state index contributed by atoms with van der Waals surface area (Å²) in [6, 6.07) is 0.